The van der Waals surface area contributed by atoms with Gasteiger partial charge in [0.05, 0.1) is 0 Å². The van der Waals surface area contributed by atoms with Gasteiger partial charge in [-0.2, -0.15) is 0 Å². The molecule has 0 saturated heterocycles. The first-order valence-electron chi connectivity index (χ1n) is 5.20. The van der Waals surface area contributed by atoms with E-state index in [9.17, 15) is 4.79 Å². The highest BCUT2D eigenvalue weighted by atomic mass is 35.5. The lowest BCUT2D eigenvalue weighted by Crippen LogP contribution is -2.17. The standard InChI is InChI=1S/C13H12ClNO/c1-9-7-12(15-9)13(16)6-5-10-3-2-4-11(14)8-10/h2-4,7-8H,5-6H2,1H3. The number of benzene rings is 1. The number of carbonyl (C=O) groups is 1. The van der Waals surface area contributed by atoms with E-state index in [0.717, 1.165) is 11.3 Å². The number of Topliss-reactive ketones (excluding diaryl/α,β-unsaturated/α-hetero) is 1. The van der Waals surface area contributed by atoms with Gasteiger partial charge in [-0.25, -0.2) is 4.99 Å². The van der Waals surface area contributed by atoms with Crippen LogP contribution in [0.4, 0.5) is 0 Å². The van der Waals surface area contributed by atoms with Gasteiger partial charge in [0.1, 0.15) is 5.71 Å². The van der Waals surface area contributed by atoms with E-state index >= 15 is 0 Å². The number of rotatable bonds is 4. The molecule has 1 aliphatic heterocycles. The van der Waals surface area contributed by atoms with Gasteiger partial charge in [-0.05, 0) is 37.1 Å². The van der Waals surface area contributed by atoms with Crippen LogP contribution in [0, 0.1) is 0 Å². The van der Waals surface area contributed by atoms with Crippen molar-refractivity contribution >= 4 is 23.1 Å². The van der Waals surface area contributed by atoms with Gasteiger partial charge < -0.3 is 0 Å². The summed E-state index contributed by atoms with van der Waals surface area (Å²) in [7, 11) is 0. The van der Waals surface area contributed by atoms with Gasteiger partial charge in [-0.15, -0.1) is 0 Å². The number of nitrogens with zero attached hydrogens (tertiary/aromatic N) is 1. The third-order valence-corrected chi connectivity index (χ3v) is 2.69. The normalized spacial score (nSPS) is 13.9. The average Bonchev–Trinajstić information content (AvgIpc) is 2.22. The van der Waals surface area contributed by atoms with Gasteiger partial charge in [-0.1, -0.05) is 23.7 Å². The van der Waals surface area contributed by atoms with Crippen molar-refractivity contribution < 1.29 is 4.79 Å². The average molecular weight is 234 g/mol. The molecule has 1 aromatic rings. The second kappa shape index (κ2) is 4.62. The number of hydrogen-bond acceptors (Lipinski definition) is 2. The molecule has 0 aliphatic carbocycles. The topological polar surface area (TPSA) is 29.4 Å². The molecule has 0 saturated carbocycles. The summed E-state index contributed by atoms with van der Waals surface area (Å²) in [5.74, 6) is 0.102. The number of halogens is 1. The van der Waals surface area contributed by atoms with Crippen molar-refractivity contribution in [1.82, 2.24) is 0 Å². The molecule has 2 nitrogen and oxygen atoms in total. The van der Waals surface area contributed by atoms with Crippen LogP contribution in [-0.2, 0) is 11.2 Å². The zero-order valence-electron chi connectivity index (χ0n) is 9.03. The largest absolute Gasteiger partial charge is 0.292 e. The van der Waals surface area contributed by atoms with Crippen LogP contribution in [0.5, 0.6) is 0 Å². The maximum absolute atomic E-state index is 11.6. The van der Waals surface area contributed by atoms with E-state index in [4.69, 9.17) is 11.6 Å². The summed E-state index contributed by atoms with van der Waals surface area (Å²) in [6.45, 7) is 1.88. The molecule has 0 bridgehead atoms. The molecule has 16 heavy (non-hydrogen) atoms. The van der Waals surface area contributed by atoms with Crippen LogP contribution >= 0.6 is 11.6 Å². The van der Waals surface area contributed by atoms with Gasteiger partial charge >= 0.3 is 0 Å². The van der Waals surface area contributed by atoms with Gasteiger partial charge in [0.25, 0.3) is 0 Å². The van der Waals surface area contributed by atoms with E-state index in [0.29, 0.717) is 23.6 Å². The Kier molecular flexibility index (Phi) is 3.20. The Morgan fingerprint density at radius 1 is 1.44 bits per heavy atom. The summed E-state index contributed by atoms with van der Waals surface area (Å²) in [6, 6.07) is 7.59. The smallest absolute Gasteiger partial charge is 0.181 e. The highest BCUT2D eigenvalue weighted by molar-refractivity contribution is 6.46. The lowest BCUT2D eigenvalue weighted by atomic mass is 10.0. The Hall–Kier alpha value is -1.41. The van der Waals surface area contributed by atoms with Crippen molar-refractivity contribution in [1.29, 1.82) is 0 Å². The molecule has 0 N–H and O–H groups in total. The summed E-state index contributed by atoms with van der Waals surface area (Å²) in [5.41, 5.74) is 2.60. The van der Waals surface area contributed by atoms with E-state index in [2.05, 4.69) is 4.99 Å². The van der Waals surface area contributed by atoms with E-state index in [1.807, 2.05) is 37.3 Å². The minimum absolute atomic E-state index is 0.102. The molecule has 0 spiro atoms. The predicted octanol–water partition coefficient (Wildman–Crippen LogP) is 3.20. The van der Waals surface area contributed by atoms with E-state index < -0.39 is 0 Å². The minimum Gasteiger partial charge on any atom is -0.292 e. The summed E-state index contributed by atoms with van der Waals surface area (Å²) < 4.78 is 0. The molecule has 0 unspecified atom stereocenters. The van der Waals surface area contributed by atoms with Crippen LogP contribution in [-0.4, -0.2) is 11.5 Å². The van der Waals surface area contributed by atoms with Crippen molar-refractivity contribution in [3.05, 3.63) is 46.6 Å². The molecular weight excluding hydrogens is 222 g/mol. The first kappa shape index (κ1) is 11.1. The molecule has 1 aromatic carbocycles. The van der Waals surface area contributed by atoms with Crippen molar-refractivity contribution in [3.63, 3.8) is 0 Å². The van der Waals surface area contributed by atoms with Crippen molar-refractivity contribution in [2.75, 3.05) is 0 Å². The Labute approximate surface area is 99.7 Å². The lowest BCUT2D eigenvalue weighted by molar-refractivity contribution is -0.112. The maximum Gasteiger partial charge on any atom is 0.181 e. The van der Waals surface area contributed by atoms with E-state index in [1.54, 1.807) is 0 Å². The first-order valence-corrected chi connectivity index (χ1v) is 5.57. The zero-order chi connectivity index (χ0) is 11.5. The van der Waals surface area contributed by atoms with Gasteiger partial charge in [0.15, 0.2) is 5.78 Å². The van der Waals surface area contributed by atoms with Gasteiger partial charge in [0.2, 0.25) is 0 Å². The maximum atomic E-state index is 11.6. The Morgan fingerprint density at radius 2 is 2.19 bits per heavy atom. The van der Waals surface area contributed by atoms with Gasteiger partial charge in [-0.3, -0.25) is 4.79 Å². The molecule has 1 aliphatic rings. The van der Waals surface area contributed by atoms with Crippen LogP contribution in [0.3, 0.4) is 0 Å². The Bertz CT molecular complexity index is 488. The molecule has 0 radical (unpaired) electrons. The minimum atomic E-state index is 0.102. The van der Waals surface area contributed by atoms with Crippen LogP contribution in [0.1, 0.15) is 18.9 Å². The highest BCUT2D eigenvalue weighted by Crippen LogP contribution is 2.14. The molecule has 0 fully saturated rings. The fraction of sp³-hybridized carbons (Fsp3) is 0.231. The highest BCUT2D eigenvalue weighted by Gasteiger charge is 2.14. The first-order chi connectivity index (χ1) is 7.65. The fourth-order valence-corrected chi connectivity index (χ4v) is 1.82. The summed E-state index contributed by atoms with van der Waals surface area (Å²) in [5, 5.41) is 0.710. The second-order valence-corrected chi connectivity index (χ2v) is 4.27. The molecule has 2 rings (SSSR count). The van der Waals surface area contributed by atoms with Crippen LogP contribution in [0.15, 0.2) is 41.0 Å². The van der Waals surface area contributed by atoms with Crippen LogP contribution < -0.4 is 0 Å². The number of hydrogen-bond donors (Lipinski definition) is 0. The summed E-state index contributed by atoms with van der Waals surface area (Å²) in [6.07, 6.45) is 3.02. The quantitative estimate of drug-likeness (QED) is 0.785. The number of aryl methyl sites for hydroxylation is 1. The predicted molar refractivity (Wildman–Crippen MR) is 66.0 cm³/mol. The van der Waals surface area contributed by atoms with Crippen molar-refractivity contribution in [3.8, 4) is 0 Å². The molecule has 1 heterocycles. The van der Waals surface area contributed by atoms with Crippen molar-refractivity contribution in [2.45, 2.75) is 19.8 Å². The number of allylic oxidation sites excluding steroid dienone is 2. The van der Waals surface area contributed by atoms with Crippen LogP contribution in [0.25, 0.3) is 0 Å². The zero-order valence-corrected chi connectivity index (χ0v) is 9.79. The van der Waals surface area contributed by atoms with Gasteiger partial charge in [0, 0.05) is 17.1 Å². The number of carbonyl (C=O) groups excluding carboxylic acids is 1. The molecule has 0 aromatic heterocycles. The Morgan fingerprint density at radius 3 is 2.81 bits per heavy atom. The molecule has 82 valence electrons. The lowest BCUT2D eigenvalue weighted by Gasteiger charge is -2.09. The summed E-state index contributed by atoms with van der Waals surface area (Å²) in [4.78, 5) is 15.7. The Balaban J connectivity index is 1.88. The molecule has 3 heteroatoms. The van der Waals surface area contributed by atoms with E-state index in [-0.39, 0.29) is 5.78 Å². The van der Waals surface area contributed by atoms with Crippen molar-refractivity contribution in [2.24, 2.45) is 4.99 Å². The monoisotopic (exact) mass is 233 g/mol. The molecule has 0 amide bonds. The number of ketones is 1. The molecular formula is C13H12ClNO. The number of aliphatic imine (C=N–C) groups is 1. The summed E-state index contributed by atoms with van der Waals surface area (Å²) >= 11 is 5.86. The SMILES string of the molecule is CC1=CC(C(=O)CCc2cccc(Cl)c2)=N1. The fourth-order valence-electron chi connectivity index (χ4n) is 1.61. The third kappa shape index (κ3) is 2.58. The van der Waals surface area contributed by atoms with Crippen LogP contribution in [0.2, 0.25) is 5.02 Å². The third-order valence-electron chi connectivity index (χ3n) is 2.46. The van der Waals surface area contributed by atoms with E-state index in [1.165, 1.54) is 0 Å². The molecule has 0 atom stereocenters. The second-order valence-electron chi connectivity index (χ2n) is 3.84.